The number of benzene rings is 1. The first-order valence-corrected chi connectivity index (χ1v) is 9.62. The Morgan fingerprint density at radius 1 is 1.21 bits per heavy atom. The first-order valence-electron chi connectivity index (χ1n) is 9.62. The van der Waals surface area contributed by atoms with Crippen LogP contribution in [0.5, 0.6) is 5.75 Å². The molecule has 2 aromatic rings. The van der Waals surface area contributed by atoms with E-state index in [1.807, 2.05) is 18.2 Å². The molecule has 0 atom stereocenters. The average molecular weight is 401 g/mol. The highest BCUT2D eigenvalue weighted by molar-refractivity contribution is 6.00. The molecule has 9 heteroatoms. The average Bonchev–Trinajstić information content (AvgIpc) is 3.09. The molecule has 1 fully saturated rings. The summed E-state index contributed by atoms with van der Waals surface area (Å²) in [5, 5.41) is 6.84. The van der Waals surface area contributed by atoms with Crippen LogP contribution in [0.3, 0.4) is 0 Å². The molecule has 1 saturated heterocycles. The normalized spacial score (nSPS) is 14.5. The van der Waals surface area contributed by atoms with Crippen molar-refractivity contribution in [2.45, 2.75) is 6.92 Å². The van der Waals surface area contributed by atoms with E-state index >= 15 is 0 Å². The summed E-state index contributed by atoms with van der Waals surface area (Å²) >= 11 is 0. The fourth-order valence-electron chi connectivity index (χ4n) is 3.29. The number of carbonyl (C=O) groups excluding carboxylic acids is 2. The van der Waals surface area contributed by atoms with Gasteiger partial charge in [0, 0.05) is 45.0 Å². The Labute approximate surface area is 170 Å². The fourth-order valence-corrected chi connectivity index (χ4v) is 3.29. The van der Waals surface area contributed by atoms with Gasteiger partial charge in [-0.05, 0) is 19.1 Å². The molecule has 0 unspecified atom stereocenters. The second kappa shape index (κ2) is 9.42. The summed E-state index contributed by atoms with van der Waals surface area (Å²) < 4.78 is 11.8. The van der Waals surface area contributed by atoms with E-state index in [1.165, 1.54) is 10.9 Å². The molecule has 9 nitrogen and oxygen atoms in total. The predicted molar refractivity (Wildman–Crippen MR) is 109 cm³/mol. The topological polar surface area (TPSA) is 88.9 Å². The molecule has 0 spiro atoms. The predicted octanol–water partition coefficient (Wildman–Crippen LogP) is 1.37. The molecule has 0 bridgehead atoms. The van der Waals surface area contributed by atoms with Gasteiger partial charge in [0.25, 0.3) is 0 Å². The number of amides is 1. The zero-order chi connectivity index (χ0) is 20.8. The lowest BCUT2D eigenvalue weighted by atomic mass is 10.2. The molecule has 29 heavy (non-hydrogen) atoms. The minimum Gasteiger partial charge on any atom is -0.497 e. The maximum absolute atomic E-state index is 12.5. The van der Waals surface area contributed by atoms with Gasteiger partial charge in [-0.25, -0.2) is 4.79 Å². The zero-order valence-corrected chi connectivity index (χ0v) is 17.1. The molecule has 1 amide bonds. The number of nitrogens with zero attached hydrogens (tertiary/aromatic N) is 4. The molecular formula is C20H27N5O4. The number of anilines is 2. The van der Waals surface area contributed by atoms with Crippen molar-refractivity contribution in [2.75, 3.05) is 56.7 Å². The van der Waals surface area contributed by atoms with Crippen LogP contribution in [-0.2, 0) is 16.6 Å². The molecule has 1 aliphatic heterocycles. The molecule has 0 radical (unpaired) electrons. The highest BCUT2D eigenvalue weighted by Crippen LogP contribution is 2.22. The largest absolute Gasteiger partial charge is 0.497 e. The SMILES string of the molecule is CCOC(=O)c1cnn(C)c1NC(=O)CN1CCN(c2cccc(OC)c2)CC1. The van der Waals surface area contributed by atoms with E-state index in [-0.39, 0.29) is 24.6 Å². The number of piperazine rings is 1. The lowest BCUT2D eigenvalue weighted by Crippen LogP contribution is -2.48. The number of nitrogens with one attached hydrogen (secondary N) is 1. The van der Waals surface area contributed by atoms with E-state index in [4.69, 9.17) is 9.47 Å². The second-order valence-corrected chi connectivity index (χ2v) is 6.76. The van der Waals surface area contributed by atoms with E-state index in [2.05, 4.69) is 26.3 Å². The number of carbonyl (C=O) groups is 2. The highest BCUT2D eigenvalue weighted by Gasteiger charge is 2.22. The van der Waals surface area contributed by atoms with Crippen LogP contribution in [0, 0.1) is 0 Å². The van der Waals surface area contributed by atoms with E-state index < -0.39 is 5.97 Å². The monoisotopic (exact) mass is 401 g/mol. The van der Waals surface area contributed by atoms with Gasteiger partial charge in [-0.15, -0.1) is 0 Å². The Kier molecular flexibility index (Phi) is 6.71. The molecule has 1 aromatic carbocycles. The maximum atomic E-state index is 12.5. The Morgan fingerprint density at radius 3 is 2.66 bits per heavy atom. The van der Waals surface area contributed by atoms with Crippen molar-refractivity contribution in [1.29, 1.82) is 0 Å². The van der Waals surface area contributed by atoms with Crippen molar-refractivity contribution < 1.29 is 19.1 Å². The van der Waals surface area contributed by atoms with E-state index in [1.54, 1.807) is 21.1 Å². The van der Waals surface area contributed by atoms with Gasteiger partial charge in [0.15, 0.2) is 0 Å². The standard InChI is InChI=1S/C20H27N5O4/c1-4-29-20(27)17-13-21-23(2)19(17)22-18(26)14-24-8-10-25(11-9-24)15-6-5-7-16(12-15)28-3/h5-7,12-13H,4,8-11,14H2,1-3H3,(H,22,26). The smallest absolute Gasteiger partial charge is 0.343 e. The number of esters is 1. The third kappa shape index (κ3) is 5.05. The van der Waals surface area contributed by atoms with Crippen LogP contribution in [0.15, 0.2) is 30.5 Å². The van der Waals surface area contributed by atoms with Crippen molar-refractivity contribution in [1.82, 2.24) is 14.7 Å². The Hall–Kier alpha value is -3.07. The minimum absolute atomic E-state index is 0.186. The third-order valence-electron chi connectivity index (χ3n) is 4.85. The van der Waals surface area contributed by atoms with Gasteiger partial charge in [0.1, 0.15) is 17.1 Å². The van der Waals surface area contributed by atoms with Crippen LogP contribution in [0.1, 0.15) is 17.3 Å². The molecule has 0 saturated carbocycles. The van der Waals surface area contributed by atoms with Crippen molar-refractivity contribution in [3.05, 3.63) is 36.0 Å². The number of aryl methyl sites for hydroxylation is 1. The van der Waals surface area contributed by atoms with Crippen molar-refractivity contribution in [3.8, 4) is 5.75 Å². The first-order chi connectivity index (χ1) is 14.0. The lowest BCUT2D eigenvalue weighted by molar-refractivity contribution is -0.117. The first kappa shape index (κ1) is 20.7. The second-order valence-electron chi connectivity index (χ2n) is 6.76. The van der Waals surface area contributed by atoms with Gasteiger partial charge < -0.3 is 19.7 Å². The van der Waals surface area contributed by atoms with Crippen molar-refractivity contribution in [2.24, 2.45) is 7.05 Å². The van der Waals surface area contributed by atoms with Crippen LogP contribution in [-0.4, -0.2) is 73.0 Å². The number of ether oxygens (including phenoxy) is 2. The van der Waals surface area contributed by atoms with Crippen LogP contribution in [0.2, 0.25) is 0 Å². The summed E-state index contributed by atoms with van der Waals surface area (Å²) in [5.41, 5.74) is 1.37. The van der Waals surface area contributed by atoms with Crippen LogP contribution in [0.25, 0.3) is 0 Å². The molecule has 1 N–H and O–H groups in total. The maximum Gasteiger partial charge on any atom is 0.343 e. The van der Waals surface area contributed by atoms with Gasteiger partial charge in [0.05, 0.1) is 26.5 Å². The van der Waals surface area contributed by atoms with Gasteiger partial charge >= 0.3 is 5.97 Å². The van der Waals surface area contributed by atoms with Gasteiger partial charge in [-0.3, -0.25) is 14.4 Å². The van der Waals surface area contributed by atoms with E-state index in [0.29, 0.717) is 5.82 Å². The quantitative estimate of drug-likeness (QED) is 0.701. The van der Waals surface area contributed by atoms with Crippen molar-refractivity contribution >= 4 is 23.4 Å². The molecule has 1 aliphatic rings. The molecule has 156 valence electrons. The fraction of sp³-hybridized carbons (Fsp3) is 0.450. The minimum atomic E-state index is -0.497. The number of rotatable bonds is 7. The Balaban J connectivity index is 1.54. The highest BCUT2D eigenvalue weighted by atomic mass is 16.5. The summed E-state index contributed by atoms with van der Waals surface area (Å²) in [4.78, 5) is 28.9. The summed E-state index contributed by atoms with van der Waals surface area (Å²) in [7, 11) is 3.33. The third-order valence-corrected chi connectivity index (χ3v) is 4.85. The lowest BCUT2D eigenvalue weighted by Gasteiger charge is -2.35. The number of hydrogen-bond acceptors (Lipinski definition) is 7. The Morgan fingerprint density at radius 2 is 1.97 bits per heavy atom. The molecule has 1 aromatic heterocycles. The summed E-state index contributed by atoms with van der Waals surface area (Å²) in [6, 6.07) is 7.97. The Bertz CT molecular complexity index is 858. The van der Waals surface area contributed by atoms with Crippen LogP contribution in [0.4, 0.5) is 11.5 Å². The van der Waals surface area contributed by atoms with Crippen LogP contribution >= 0.6 is 0 Å². The molecule has 3 rings (SSSR count). The summed E-state index contributed by atoms with van der Waals surface area (Å²) in [6.45, 7) is 5.41. The van der Waals surface area contributed by atoms with Gasteiger partial charge in [-0.2, -0.15) is 5.10 Å². The molecule has 0 aliphatic carbocycles. The number of methoxy groups -OCH3 is 1. The number of aromatic nitrogens is 2. The van der Waals surface area contributed by atoms with Crippen LogP contribution < -0.4 is 15.0 Å². The summed E-state index contributed by atoms with van der Waals surface area (Å²) in [6.07, 6.45) is 1.40. The number of hydrogen-bond donors (Lipinski definition) is 1. The van der Waals surface area contributed by atoms with Crippen molar-refractivity contribution in [3.63, 3.8) is 0 Å². The molecule has 2 heterocycles. The van der Waals surface area contributed by atoms with Gasteiger partial charge in [-0.1, -0.05) is 6.07 Å². The summed E-state index contributed by atoms with van der Waals surface area (Å²) in [5.74, 6) is 0.498. The van der Waals surface area contributed by atoms with Gasteiger partial charge in [0.2, 0.25) is 5.91 Å². The molecular weight excluding hydrogens is 374 g/mol. The van der Waals surface area contributed by atoms with E-state index in [0.717, 1.165) is 37.6 Å². The zero-order valence-electron chi connectivity index (χ0n) is 17.1. The van der Waals surface area contributed by atoms with E-state index in [9.17, 15) is 9.59 Å².